The summed E-state index contributed by atoms with van der Waals surface area (Å²) in [5, 5.41) is 1.31. The predicted molar refractivity (Wildman–Crippen MR) is 73.1 cm³/mol. The number of H-pyrrole nitrogens is 1. The molecule has 0 amide bonds. The molecule has 0 saturated heterocycles. The van der Waals surface area contributed by atoms with Crippen LogP contribution in [0.15, 0.2) is 55.0 Å². The summed E-state index contributed by atoms with van der Waals surface area (Å²) in [6, 6.07) is 12.3. The quantitative estimate of drug-likeness (QED) is 0.616. The summed E-state index contributed by atoms with van der Waals surface area (Å²) in [5.41, 5.74) is 9.04. The number of nitrogens with zero attached hydrogens (tertiary/aromatic N) is 1. The van der Waals surface area contributed by atoms with Crippen LogP contribution in [-0.4, -0.2) is 4.98 Å². The number of rotatable bonds is 3. The van der Waals surface area contributed by atoms with E-state index in [0.29, 0.717) is 0 Å². The summed E-state index contributed by atoms with van der Waals surface area (Å²) < 4.78 is 2.15. The number of anilines is 1. The van der Waals surface area contributed by atoms with Gasteiger partial charge in [-0.05, 0) is 11.6 Å². The topological polar surface area (TPSA) is 45.7 Å². The largest absolute Gasteiger partial charge is 1.00 e. The first-order chi connectivity index (χ1) is 8.83. The predicted octanol–water partition coefficient (Wildman–Crippen LogP) is -0.716. The number of hydrogen-bond acceptors (Lipinski definition) is 1. The Hall–Kier alpha value is -1.81. The van der Waals surface area contributed by atoms with Crippen LogP contribution in [0, 0.1) is 0 Å². The van der Waals surface area contributed by atoms with Gasteiger partial charge in [-0.1, -0.05) is 18.2 Å². The summed E-state index contributed by atoms with van der Waals surface area (Å²) >= 11 is 0. The van der Waals surface area contributed by atoms with Crippen LogP contribution in [0.25, 0.3) is 10.9 Å². The molecule has 0 fully saturated rings. The van der Waals surface area contributed by atoms with Crippen LogP contribution in [0.4, 0.5) is 5.69 Å². The molecule has 19 heavy (non-hydrogen) atoms. The van der Waals surface area contributed by atoms with Gasteiger partial charge >= 0.3 is 0 Å². The molecule has 2 aromatic heterocycles. The lowest BCUT2D eigenvalue weighted by Gasteiger charge is -1.98. The third-order valence-electron chi connectivity index (χ3n) is 3.23. The molecule has 0 aliphatic rings. The first-order valence-corrected chi connectivity index (χ1v) is 6.12. The van der Waals surface area contributed by atoms with Crippen LogP contribution in [0.5, 0.6) is 0 Å². The zero-order valence-electron chi connectivity index (χ0n) is 10.5. The van der Waals surface area contributed by atoms with Crippen LogP contribution < -0.4 is 27.3 Å². The fourth-order valence-corrected chi connectivity index (χ4v) is 2.21. The van der Waals surface area contributed by atoms with Gasteiger partial charge in [0.25, 0.3) is 0 Å². The highest BCUT2D eigenvalue weighted by molar-refractivity contribution is 5.82. The highest BCUT2D eigenvalue weighted by Crippen LogP contribution is 2.17. The Bertz CT molecular complexity index is 658. The van der Waals surface area contributed by atoms with Gasteiger partial charge in [0, 0.05) is 41.3 Å². The van der Waals surface area contributed by atoms with E-state index in [-0.39, 0.29) is 17.0 Å². The highest BCUT2D eigenvalue weighted by Gasteiger charge is 2.06. The number of pyridine rings is 1. The van der Waals surface area contributed by atoms with Gasteiger partial charge in [-0.25, -0.2) is 4.57 Å². The molecule has 3 aromatic rings. The zero-order valence-corrected chi connectivity index (χ0v) is 12.1. The number of nitrogens with one attached hydrogen (secondary N) is 1. The van der Waals surface area contributed by atoms with Gasteiger partial charge in [-0.15, -0.1) is 0 Å². The Morgan fingerprint density at radius 2 is 1.79 bits per heavy atom. The Labute approximate surface area is 122 Å². The highest BCUT2D eigenvalue weighted by atomic mass is 79.9. The second kappa shape index (κ2) is 5.89. The summed E-state index contributed by atoms with van der Waals surface area (Å²) in [7, 11) is 0. The zero-order chi connectivity index (χ0) is 12.4. The first kappa shape index (κ1) is 13.6. The van der Waals surface area contributed by atoms with Crippen molar-refractivity contribution < 1.29 is 21.5 Å². The molecule has 3 nitrogen and oxygen atoms in total. The Kier molecular flexibility index (Phi) is 4.22. The molecule has 0 spiro atoms. The monoisotopic (exact) mass is 317 g/mol. The van der Waals surface area contributed by atoms with E-state index in [2.05, 4.69) is 40.0 Å². The summed E-state index contributed by atoms with van der Waals surface area (Å²) in [5.74, 6) is 0. The van der Waals surface area contributed by atoms with Crippen LogP contribution in [-0.2, 0) is 13.0 Å². The molecule has 3 N–H and O–H groups in total. The Balaban J connectivity index is 0.00000133. The molecule has 0 aliphatic carbocycles. The van der Waals surface area contributed by atoms with Crippen LogP contribution in [0.1, 0.15) is 5.56 Å². The van der Waals surface area contributed by atoms with E-state index in [1.54, 1.807) is 0 Å². The molecule has 4 heteroatoms. The first-order valence-electron chi connectivity index (χ1n) is 6.12. The van der Waals surface area contributed by atoms with E-state index >= 15 is 0 Å². The van der Waals surface area contributed by atoms with Crippen LogP contribution in [0.3, 0.4) is 0 Å². The van der Waals surface area contributed by atoms with E-state index in [4.69, 9.17) is 5.73 Å². The van der Waals surface area contributed by atoms with Crippen LogP contribution in [0.2, 0.25) is 0 Å². The van der Waals surface area contributed by atoms with Crippen molar-refractivity contribution in [1.29, 1.82) is 0 Å². The SMILES string of the molecule is Nc1cc[n+](CCc2c[nH]c3ccccc23)cc1.[Br-]. The smallest absolute Gasteiger partial charge is 0.170 e. The van der Waals surface area contributed by atoms with E-state index < -0.39 is 0 Å². The average Bonchev–Trinajstić information content (AvgIpc) is 2.82. The molecule has 3 rings (SSSR count). The minimum Gasteiger partial charge on any atom is -1.00 e. The van der Waals surface area contributed by atoms with Crippen molar-refractivity contribution >= 4 is 16.6 Å². The maximum atomic E-state index is 5.67. The molecule has 0 saturated carbocycles. The van der Waals surface area contributed by atoms with Gasteiger partial charge < -0.3 is 27.7 Å². The lowest BCUT2D eigenvalue weighted by Crippen LogP contribution is -3.00. The third kappa shape index (κ3) is 2.96. The normalized spacial score (nSPS) is 10.3. The Morgan fingerprint density at radius 3 is 2.58 bits per heavy atom. The fraction of sp³-hybridized carbons (Fsp3) is 0.133. The van der Waals surface area contributed by atoms with Crippen molar-refractivity contribution in [2.24, 2.45) is 0 Å². The molecular formula is C15H16BrN3. The van der Waals surface area contributed by atoms with Gasteiger partial charge in [0.1, 0.15) is 0 Å². The fourth-order valence-electron chi connectivity index (χ4n) is 2.21. The maximum absolute atomic E-state index is 5.67. The molecular weight excluding hydrogens is 302 g/mol. The number of hydrogen-bond donors (Lipinski definition) is 2. The van der Waals surface area contributed by atoms with Gasteiger partial charge in [0.15, 0.2) is 18.9 Å². The number of aryl methyl sites for hydroxylation is 2. The number of fused-ring (bicyclic) bond motifs is 1. The molecule has 0 radical (unpaired) electrons. The minimum absolute atomic E-state index is 0. The molecule has 0 unspecified atom stereocenters. The maximum Gasteiger partial charge on any atom is 0.170 e. The summed E-state index contributed by atoms with van der Waals surface area (Å²) in [6.45, 7) is 0.960. The van der Waals surface area contributed by atoms with Gasteiger partial charge in [0.2, 0.25) is 0 Å². The van der Waals surface area contributed by atoms with Crippen molar-refractivity contribution in [2.45, 2.75) is 13.0 Å². The second-order valence-corrected chi connectivity index (χ2v) is 4.48. The second-order valence-electron chi connectivity index (χ2n) is 4.48. The number of aromatic amines is 1. The van der Waals surface area contributed by atoms with Gasteiger partial charge in [0.05, 0.1) is 0 Å². The molecule has 1 aromatic carbocycles. The van der Waals surface area contributed by atoms with Crippen LogP contribution >= 0.6 is 0 Å². The van der Waals surface area contributed by atoms with E-state index in [9.17, 15) is 0 Å². The van der Waals surface area contributed by atoms with E-state index in [0.717, 1.165) is 18.7 Å². The minimum atomic E-state index is 0. The molecule has 0 bridgehead atoms. The van der Waals surface area contributed by atoms with Crippen molar-refractivity contribution in [3.8, 4) is 0 Å². The number of nitrogen functional groups attached to an aromatic ring is 1. The van der Waals surface area contributed by atoms with E-state index in [1.807, 2.05) is 24.5 Å². The van der Waals surface area contributed by atoms with Crippen molar-refractivity contribution in [3.63, 3.8) is 0 Å². The van der Waals surface area contributed by atoms with Crippen molar-refractivity contribution in [2.75, 3.05) is 5.73 Å². The van der Waals surface area contributed by atoms with Crippen molar-refractivity contribution in [1.82, 2.24) is 4.98 Å². The molecule has 2 heterocycles. The lowest BCUT2D eigenvalue weighted by molar-refractivity contribution is -0.696. The Morgan fingerprint density at radius 1 is 1.05 bits per heavy atom. The summed E-state index contributed by atoms with van der Waals surface area (Å²) in [4.78, 5) is 3.30. The number of nitrogens with two attached hydrogens (primary N) is 1. The number of benzene rings is 1. The van der Waals surface area contributed by atoms with Gasteiger partial charge in [-0.2, -0.15) is 0 Å². The van der Waals surface area contributed by atoms with E-state index in [1.165, 1.54) is 16.5 Å². The van der Waals surface area contributed by atoms with Gasteiger partial charge in [-0.3, -0.25) is 0 Å². The lowest BCUT2D eigenvalue weighted by atomic mass is 10.1. The summed E-state index contributed by atoms with van der Waals surface area (Å²) in [6.07, 6.45) is 7.15. The third-order valence-corrected chi connectivity index (χ3v) is 3.23. The molecule has 98 valence electrons. The average molecular weight is 318 g/mol. The number of halogens is 1. The number of aromatic nitrogens is 2. The molecule has 0 aliphatic heterocycles. The molecule has 0 atom stereocenters. The standard InChI is InChI=1S/C15H15N3.BrH/c16-13-6-9-18(10-7-13)8-5-12-11-17-15-4-2-1-3-14(12)15;/h1-4,6-7,9-11,16-17H,5,8H2;1H. The van der Waals surface area contributed by atoms with Crippen molar-refractivity contribution in [3.05, 3.63) is 60.6 Å². The number of para-hydroxylation sites is 1.